The zero-order valence-electron chi connectivity index (χ0n) is 14.5. The van der Waals surface area contributed by atoms with E-state index in [1.54, 1.807) is 18.2 Å². The van der Waals surface area contributed by atoms with Crippen LogP contribution in [0.1, 0.15) is 31.8 Å². The molecule has 8 heteroatoms. The van der Waals surface area contributed by atoms with E-state index in [0.717, 1.165) is 6.20 Å². The van der Waals surface area contributed by atoms with Crippen LogP contribution in [0.25, 0.3) is 10.9 Å². The molecule has 0 aliphatic heterocycles. The number of fused-ring (bicyclic) bond motifs is 1. The van der Waals surface area contributed by atoms with Gasteiger partial charge in [-0.3, -0.25) is 9.78 Å². The first-order valence-corrected chi connectivity index (χ1v) is 8.33. The van der Waals surface area contributed by atoms with Crippen LogP contribution in [-0.2, 0) is 12.6 Å². The van der Waals surface area contributed by atoms with Crippen molar-refractivity contribution in [3.05, 3.63) is 77.0 Å². The van der Waals surface area contributed by atoms with Crippen LogP contribution in [0.5, 0.6) is 0 Å². The quantitative estimate of drug-likeness (QED) is 0.694. The molecular weight excluding hydrogens is 373 g/mol. The lowest BCUT2D eigenvalue weighted by molar-refractivity contribution is -0.136. The largest absolute Gasteiger partial charge is 0.478 e. The minimum absolute atomic E-state index is 0.0476. The Morgan fingerprint density at radius 1 is 1.07 bits per heavy atom. The van der Waals surface area contributed by atoms with Crippen LogP contribution >= 0.6 is 0 Å². The zero-order valence-corrected chi connectivity index (χ0v) is 14.5. The van der Waals surface area contributed by atoms with Crippen LogP contribution in [0, 0.1) is 0 Å². The lowest BCUT2D eigenvalue weighted by Gasteiger charge is -2.15. The average Bonchev–Trinajstić information content (AvgIpc) is 2.66. The number of para-hydroxylation sites is 1. The number of amides is 1. The Bertz CT molecular complexity index is 1050. The third-order valence-corrected chi connectivity index (χ3v) is 4.18. The number of carboxylic acids is 1. The molecule has 0 radical (unpaired) electrons. The second kappa shape index (κ2) is 7.67. The van der Waals surface area contributed by atoms with Gasteiger partial charge in [0.1, 0.15) is 0 Å². The van der Waals surface area contributed by atoms with Crippen LogP contribution in [-0.4, -0.2) is 28.5 Å². The molecule has 0 aliphatic rings. The Morgan fingerprint density at radius 2 is 1.82 bits per heavy atom. The second-order valence-corrected chi connectivity index (χ2v) is 6.07. The van der Waals surface area contributed by atoms with E-state index in [9.17, 15) is 22.8 Å². The monoisotopic (exact) mass is 388 g/mol. The number of halogens is 3. The van der Waals surface area contributed by atoms with Crippen molar-refractivity contribution >= 4 is 22.8 Å². The molecule has 0 aliphatic carbocycles. The fourth-order valence-electron chi connectivity index (χ4n) is 2.89. The third-order valence-electron chi connectivity index (χ3n) is 4.18. The normalized spacial score (nSPS) is 11.4. The molecule has 1 amide bonds. The number of pyridine rings is 1. The van der Waals surface area contributed by atoms with Crippen molar-refractivity contribution in [2.45, 2.75) is 12.6 Å². The second-order valence-electron chi connectivity index (χ2n) is 6.07. The van der Waals surface area contributed by atoms with Gasteiger partial charge in [-0.1, -0.05) is 30.3 Å². The fraction of sp³-hybridized carbons (Fsp3) is 0.150. The Labute approximate surface area is 157 Å². The van der Waals surface area contributed by atoms with Crippen LogP contribution in [0.2, 0.25) is 0 Å². The summed E-state index contributed by atoms with van der Waals surface area (Å²) in [7, 11) is 0. The Morgan fingerprint density at radius 3 is 2.54 bits per heavy atom. The number of carboxylic acid groups (broad SMARTS) is 1. The van der Waals surface area contributed by atoms with Crippen LogP contribution in [0.15, 0.2) is 54.7 Å². The van der Waals surface area contributed by atoms with Gasteiger partial charge < -0.3 is 10.4 Å². The molecule has 3 aromatic rings. The molecule has 0 fully saturated rings. The molecule has 0 spiro atoms. The molecule has 5 nitrogen and oxygen atoms in total. The lowest BCUT2D eigenvalue weighted by Crippen LogP contribution is -2.28. The van der Waals surface area contributed by atoms with Gasteiger partial charge >= 0.3 is 12.1 Å². The number of hydrogen-bond acceptors (Lipinski definition) is 3. The molecular formula is C20H15F3N2O3. The van der Waals surface area contributed by atoms with E-state index in [4.69, 9.17) is 5.11 Å². The number of aromatic carboxylic acids is 1. The van der Waals surface area contributed by atoms with Crippen molar-refractivity contribution in [1.29, 1.82) is 0 Å². The maximum absolute atomic E-state index is 13.6. The maximum atomic E-state index is 13.6. The van der Waals surface area contributed by atoms with Gasteiger partial charge in [-0.05, 0) is 30.2 Å². The van der Waals surface area contributed by atoms with Gasteiger partial charge in [0.25, 0.3) is 5.91 Å². The van der Waals surface area contributed by atoms with Gasteiger partial charge in [0.2, 0.25) is 0 Å². The predicted molar refractivity (Wildman–Crippen MR) is 96.2 cm³/mol. The fourth-order valence-corrected chi connectivity index (χ4v) is 2.89. The van der Waals surface area contributed by atoms with Crippen molar-refractivity contribution in [3.8, 4) is 0 Å². The highest BCUT2D eigenvalue weighted by molar-refractivity contribution is 6.00. The van der Waals surface area contributed by atoms with E-state index in [-0.39, 0.29) is 29.4 Å². The summed E-state index contributed by atoms with van der Waals surface area (Å²) >= 11 is 0. The van der Waals surface area contributed by atoms with Gasteiger partial charge in [-0.25, -0.2) is 4.79 Å². The van der Waals surface area contributed by atoms with Gasteiger partial charge in [0, 0.05) is 18.1 Å². The first-order valence-electron chi connectivity index (χ1n) is 8.33. The molecule has 2 N–H and O–H groups in total. The first kappa shape index (κ1) is 19.3. The number of alkyl halides is 3. The highest BCUT2D eigenvalue weighted by Crippen LogP contribution is 2.36. The molecule has 2 aromatic carbocycles. The highest BCUT2D eigenvalue weighted by atomic mass is 19.4. The molecule has 0 atom stereocenters. The summed E-state index contributed by atoms with van der Waals surface area (Å²) < 4.78 is 40.7. The number of rotatable bonds is 5. The van der Waals surface area contributed by atoms with E-state index >= 15 is 0 Å². The molecule has 0 saturated carbocycles. The van der Waals surface area contributed by atoms with E-state index in [1.165, 1.54) is 30.3 Å². The summed E-state index contributed by atoms with van der Waals surface area (Å²) in [6.07, 6.45) is -3.52. The highest BCUT2D eigenvalue weighted by Gasteiger charge is 2.37. The number of carbonyl (C=O) groups is 2. The molecule has 28 heavy (non-hydrogen) atoms. The van der Waals surface area contributed by atoms with Crippen molar-refractivity contribution in [2.24, 2.45) is 0 Å². The third kappa shape index (κ3) is 4.11. The average molecular weight is 388 g/mol. The number of nitrogens with zero attached hydrogens (tertiary/aromatic N) is 1. The van der Waals surface area contributed by atoms with Crippen LogP contribution in [0.3, 0.4) is 0 Å². The smallest absolute Gasteiger partial charge is 0.417 e. The Balaban J connectivity index is 1.80. The van der Waals surface area contributed by atoms with Gasteiger partial charge in [0.15, 0.2) is 0 Å². The summed E-state index contributed by atoms with van der Waals surface area (Å²) in [6.45, 7) is 0.0476. The minimum Gasteiger partial charge on any atom is -0.478 e. The zero-order chi connectivity index (χ0) is 20.3. The molecule has 3 rings (SSSR count). The van der Waals surface area contributed by atoms with Gasteiger partial charge in [-0.15, -0.1) is 0 Å². The number of nitrogens with one attached hydrogen (secondary N) is 1. The standard InChI is InChI=1S/C20H15F3N2O3/c21-20(22,23)17-14-6-1-2-7-16(14)25-11-15(17)18(26)24-9-8-12-4-3-5-13(10-12)19(27)28/h1-7,10-11H,8-9H2,(H,24,26)(H,27,28). The van der Waals surface area contributed by atoms with Gasteiger partial charge in [-0.2, -0.15) is 13.2 Å². The maximum Gasteiger partial charge on any atom is 0.417 e. The van der Waals surface area contributed by atoms with Crippen molar-refractivity contribution < 1.29 is 27.9 Å². The summed E-state index contributed by atoms with van der Waals surface area (Å²) in [6, 6.07) is 11.9. The summed E-state index contributed by atoms with van der Waals surface area (Å²) in [4.78, 5) is 27.3. The molecule has 1 aromatic heterocycles. The number of aromatic nitrogens is 1. The molecule has 1 heterocycles. The summed E-state index contributed by atoms with van der Waals surface area (Å²) in [5, 5.41) is 11.3. The number of benzene rings is 2. The van der Waals surface area contributed by atoms with Crippen molar-refractivity contribution in [3.63, 3.8) is 0 Å². The molecule has 0 saturated heterocycles. The van der Waals surface area contributed by atoms with Crippen LogP contribution in [0.4, 0.5) is 13.2 Å². The molecule has 144 valence electrons. The first-order chi connectivity index (χ1) is 13.3. The topological polar surface area (TPSA) is 79.3 Å². The summed E-state index contributed by atoms with van der Waals surface area (Å²) in [5.74, 6) is -1.97. The van der Waals surface area contributed by atoms with Crippen molar-refractivity contribution in [1.82, 2.24) is 10.3 Å². The van der Waals surface area contributed by atoms with E-state index in [2.05, 4.69) is 10.3 Å². The Kier molecular flexibility index (Phi) is 5.30. The number of carbonyl (C=O) groups excluding carboxylic acids is 1. The van der Waals surface area contributed by atoms with E-state index in [0.29, 0.717) is 5.56 Å². The van der Waals surface area contributed by atoms with E-state index in [1.807, 2.05) is 0 Å². The van der Waals surface area contributed by atoms with Gasteiger partial charge in [0.05, 0.1) is 22.2 Å². The minimum atomic E-state index is -4.72. The molecule has 0 unspecified atom stereocenters. The predicted octanol–water partition coefficient (Wildman–Crippen LogP) is 3.92. The summed E-state index contributed by atoms with van der Waals surface area (Å²) in [5.41, 5.74) is -0.680. The lowest BCUT2D eigenvalue weighted by atomic mass is 10.0. The van der Waals surface area contributed by atoms with Crippen molar-refractivity contribution in [2.75, 3.05) is 6.54 Å². The Hall–Kier alpha value is -3.42. The molecule has 0 bridgehead atoms. The van der Waals surface area contributed by atoms with Crippen LogP contribution < -0.4 is 5.32 Å². The van der Waals surface area contributed by atoms with E-state index < -0.39 is 29.2 Å². The SMILES string of the molecule is O=C(O)c1cccc(CCNC(=O)c2cnc3ccccc3c2C(F)(F)F)c1. The number of hydrogen-bond donors (Lipinski definition) is 2.